The summed E-state index contributed by atoms with van der Waals surface area (Å²) in [5, 5.41) is 3.43. The first-order valence-corrected chi connectivity index (χ1v) is 8.24. The van der Waals surface area contributed by atoms with Gasteiger partial charge in [0.15, 0.2) is 0 Å². The van der Waals surface area contributed by atoms with Crippen LogP contribution in [0.25, 0.3) is 0 Å². The Labute approximate surface area is 129 Å². The molecule has 1 N–H and O–H groups in total. The molecule has 1 saturated heterocycles. The van der Waals surface area contributed by atoms with Crippen LogP contribution in [-0.2, 0) is 0 Å². The van der Waals surface area contributed by atoms with Gasteiger partial charge in [-0.1, -0.05) is 12.1 Å². The van der Waals surface area contributed by atoms with Gasteiger partial charge in [0.05, 0.1) is 6.61 Å². The van der Waals surface area contributed by atoms with E-state index in [4.69, 9.17) is 4.74 Å². The van der Waals surface area contributed by atoms with Gasteiger partial charge < -0.3 is 15.0 Å². The summed E-state index contributed by atoms with van der Waals surface area (Å²) in [6, 6.07) is 6.40. The summed E-state index contributed by atoms with van der Waals surface area (Å²) in [5.41, 5.74) is 2.49. The highest BCUT2D eigenvalue weighted by atomic mass is 16.5. The van der Waals surface area contributed by atoms with Crippen LogP contribution in [0, 0.1) is 19.8 Å². The quantitative estimate of drug-likeness (QED) is 0.781. The van der Waals surface area contributed by atoms with Crippen LogP contribution in [0.1, 0.15) is 30.4 Å². The maximum absolute atomic E-state index is 5.92. The molecule has 0 bridgehead atoms. The van der Waals surface area contributed by atoms with E-state index in [1.807, 2.05) is 0 Å². The van der Waals surface area contributed by atoms with Crippen molar-refractivity contribution in [1.82, 2.24) is 10.2 Å². The first-order chi connectivity index (χ1) is 10.1. The molecule has 1 fully saturated rings. The summed E-state index contributed by atoms with van der Waals surface area (Å²) in [6.45, 7) is 9.75. The molecule has 1 aliphatic rings. The van der Waals surface area contributed by atoms with Gasteiger partial charge in [-0.2, -0.15) is 0 Å². The average Bonchev–Trinajstić information content (AvgIpc) is 2.48. The summed E-state index contributed by atoms with van der Waals surface area (Å²) >= 11 is 0. The third kappa shape index (κ3) is 5.68. The number of ether oxygens (including phenoxy) is 1. The Bertz CT molecular complexity index is 427. The van der Waals surface area contributed by atoms with E-state index in [0.29, 0.717) is 0 Å². The smallest absolute Gasteiger partial charge is 0.122 e. The lowest BCUT2D eigenvalue weighted by Crippen LogP contribution is -2.35. The Morgan fingerprint density at radius 1 is 1.24 bits per heavy atom. The highest BCUT2D eigenvalue weighted by Gasteiger charge is 2.14. The molecule has 3 heteroatoms. The lowest BCUT2D eigenvalue weighted by Gasteiger charge is -2.27. The van der Waals surface area contributed by atoms with E-state index in [-0.39, 0.29) is 0 Å². The summed E-state index contributed by atoms with van der Waals surface area (Å²) in [5.74, 6) is 1.91. The Hall–Kier alpha value is -1.06. The molecular weight excluding hydrogens is 260 g/mol. The number of nitrogens with zero attached hydrogens (tertiary/aromatic N) is 1. The predicted octanol–water partition coefficient (Wildman–Crippen LogP) is 3.00. The Kier molecular flexibility index (Phi) is 6.52. The molecule has 0 radical (unpaired) electrons. The van der Waals surface area contributed by atoms with Crippen LogP contribution in [0.2, 0.25) is 0 Å². The average molecular weight is 290 g/mol. The molecule has 0 amide bonds. The van der Waals surface area contributed by atoms with Gasteiger partial charge in [0, 0.05) is 13.1 Å². The highest BCUT2D eigenvalue weighted by molar-refractivity contribution is 5.35. The third-order valence-corrected chi connectivity index (χ3v) is 4.31. The molecule has 1 heterocycles. The van der Waals surface area contributed by atoms with Crippen LogP contribution >= 0.6 is 0 Å². The van der Waals surface area contributed by atoms with Crippen molar-refractivity contribution in [1.29, 1.82) is 0 Å². The van der Waals surface area contributed by atoms with Crippen molar-refractivity contribution in [3.8, 4) is 5.75 Å². The Balaban J connectivity index is 1.63. The molecule has 0 atom stereocenters. The van der Waals surface area contributed by atoms with E-state index in [9.17, 15) is 0 Å². The lowest BCUT2D eigenvalue weighted by molar-refractivity contribution is 0.218. The molecule has 1 aromatic rings. The monoisotopic (exact) mass is 290 g/mol. The number of aryl methyl sites for hydroxylation is 2. The molecule has 0 saturated carbocycles. The van der Waals surface area contributed by atoms with Crippen LogP contribution in [-0.4, -0.2) is 44.7 Å². The molecule has 0 spiro atoms. The minimum atomic E-state index is 0.806. The van der Waals surface area contributed by atoms with Gasteiger partial charge >= 0.3 is 0 Å². The number of hydrogen-bond donors (Lipinski definition) is 1. The topological polar surface area (TPSA) is 24.5 Å². The molecule has 0 aromatic heterocycles. The standard InChI is InChI=1S/C18H30N2O/c1-15-5-6-16(2)18(13-15)21-12-4-11-20(3)14-17-7-9-19-10-8-17/h5-6,13,17,19H,4,7-12,14H2,1-3H3. The molecule has 118 valence electrons. The normalized spacial score (nSPS) is 16.4. The SMILES string of the molecule is Cc1ccc(C)c(OCCCN(C)CC2CCNCC2)c1. The molecule has 1 aliphatic heterocycles. The van der Waals surface area contributed by atoms with Crippen molar-refractivity contribution in [2.45, 2.75) is 33.1 Å². The van der Waals surface area contributed by atoms with Gasteiger partial charge in [-0.05, 0) is 76.4 Å². The Morgan fingerprint density at radius 2 is 2.00 bits per heavy atom. The summed E-state index contributed by atoms with van der Waals surface area (Å²) in [7, 11) is 2.24. The van der Waals surface area contributed by atoms with Gasteiger partial charge in [0.1, 0.15) is 5.75 Å². The van der Waals surface area contributed by atoms with E-state index in [0.717, 1.165) is 31.2 Å². The van der Waals surface area contributed by atoms with Gasteiger partial charge in [0.2, 0.25) is 0 Å². The third-order valence-electron chi connectivity index (χ3n) is 4.31. The second kappa shape index (κ2) is 8.40. The van der Waals surface area contributed by atoms with Crippen molar-refractivity contribution in [2.75, 3.05) is 39.8 Å². The van der Waals surface area contributed by atoms with Crippen LogP contribution in [0.4, 0.5) is 0 Å². The number of piperidine rings is 1. The molecule has 1 aromatic carbocycles. The fourth-order valence-corrected chi connectivity index (χ4v) is 2.98. The summed E-state index contributed by atoms with van der Waals surface area (Å²) in [6.07, 6.45) is 3.74. The first kappa shape index (κ1) is 16.3. The molecule has 0 unspecified atom stereocenters. The fourth-order valence-electron chi connectivity index (χ4n) is 2.98. The van der Waals surface area contributed by atoms with Crippen LogP contribution in [0.3, 0.4) is 0 Å². The van der Waals surface area contributed by atoms with Crippen molar-refractivity contribution < 1.29 is 4.74 Å². The minimum Gasteiger partial charge on any atom is -0.493 e. The fraction of sp³-hybridized carbons (Fsp3) is 0.667. The summed E-state index contributed by atoms with van der Waals surface area (Å²) < 4.78 is 5.92. The van der Waals surface area contributed by atoms with Crippen LogP contribution < -0.4 is 10.1 Å². The first-order valence-electron chi connectivity index (χ1n) is 8.24. The predicted molar refractivity (Wildman–Crippen MR) is 89.1 cm³/mol. The summed E-state index contributed by atoms with van der Waals surface area (Å²) in [4.78, 5) is 2.46. The molecule has 3 nitrogen and oxygen atoms in total. The minimum absolute atomic E-state index is 0.806. The second-order valence-electron chi connectivity index (χ2n) is 6.43. The van der Waals surface area contributed by atoms with E-state index < -0.39 is 0 Å². The van der Waals surface area contributed by atoms with Crippen molar-refractivity contribution in [2.24, 2.45) is 5.92 Å². The number of benzene rings is 1. The van der Waals surface area contributed by atoms with Crippen LogP contribution in [0.15, 0.2) is 18.2 Å². The van der Waals surface area contributed by atoms with E-state index >= 15 is 0 Å². The van der Waals surface area contributed by atoms with Crippen molar-refractivity contribution in [3.05, 3.63) is 29.3 Å². The lowest BCUT2D eigenvalue weighted by atomic mass is 9.98. The van der Waals surface area contributed by atoms with Gasteiger partial charge in [0.25, 0.3) is 0 Å². The highest BCUT2D eigenvalue weighted by Crippen LogP contribution is 2.19. The Morgan fingerprint density at radius 3 is 2.76 bits per heavy atom. The zero-order valence-corrected chi connectivity index (χ0v) is 13.8. The van der Waals surface area contributed by atoms with Gasteiger partial charge in [-0.3, -0.25) is 0 Å². The van der Waals surface area contributed by atoms with Crippen molar-refractivity contribution in [3.63, 3.8) is 0 Å². The van der Waals surface area contributed by atoms with E-state index in [2.05, 4.69) is 49.3 Å². The van der Waals surface area contributed by atoms with E-state index in [1.165, 1.54) is 43.6 Å². The molecular formula is C18H30N2O. The maximum Gasteiger partial charge on any atom is 0.122 e. The van der Waals surface area contributed by atoms with Crippen molar-refractivity contribution >= 4 is 0 Å². The molecule has 0 aliphatic carbocycles. The van der Waals surface area contributed by atoms with Crippen LogP contribution in [0.5, 0.6) is 5.75 Å². The number of nitrogens with one attached hydrogen (secondary N) is 1. The van der Waals surface area contributed by atoms with Gasteiger partial charge in [-0.15, -0.1) is 0 Å². The maximum atomic E-state index is 5.92. The zero-order chi connectivity index (χ0) is 15.1. The van der Waals surface area contributed by atoms with Gasteiger partial charge in [-0.25, -0.2) is 0 Å². The van der Waals surface area contributed by atoms with E-state index in [1.54, 1.807) is 0 Å². The zero-order valence-electron chi connectivity index (χ0n) is 13.8. The molecule has 2 rings (SSSR count). The number of rotatable bonds is 7. The second-order valence-corrected chi connectivity index (χ2v) is 6.43. The molecule has 21 heavy (non-hydrogen) atoms. The number of hydrogen-bond acceptors (Lipinski definition) is 3. The largest absolute Gasteiger partial charge is 0.493 e.